The molecule has 1 aromatic heterocycles. The second kappa shape index (κ2) is 20.6. The number of pyridine rings is 1. The van der Waals surface area contributed by atoms with Crippen LogP contribution in [0.2, 0.25) is 0 Å². The largest absolute Gasteiger partial charge is 0.444 e. The molecule has 2 fully saturated rings. The van der Waals surface area contributed by atoms with Gasteiger partial charge in [-0.1, -0.05) is 45.0 Å². The molecule has 10 nitrogen and oxygen atoms in total. The highest BCUT2D eigenvalue weighted by molar-refractivity contribution is 5.97. The van der Waals surface area contributed by atoms with Crippen molar-refractivity contribution in [1.82, 2.24) is 20.5 Å². The van der Waals surface area contributed by atoms with Crippen LogP contribution in [0.15, 0.2) is 23.0 Å². The molecular weight excluding hydrogens is 618 g/mol. The highest BCUT2D eigenvalue weighted by Crippen LogP contribution is 2.32. The molecule has 4 rings (SSSR count). The number of ether oxygens (including phenoxy) is 2. The zero-order chi connectivity index (χ0) is 36.6. The molecule has 0 radical (unpaired) electrons. The van der Waals surface area contributed by atoms with Gasteiger partial charge in [-0.15, -0.1) is 0 Å². The van der Waals surface area contributed by atoms with Crippen molar-refractivity contribution < 1.29 is 19.1 Å². The Balaban J connectivity index is 0.000000658. The summed E-state index contributed by atoms with van der Waals surface area (Å²) in [5.74, 6) is 6.48. The lowest BCUT2D eigenvalue weighted by Crippen LogP contribution is -2.37. The molecule has 1 saturated heterocycles. The van der Waals surface area contributed by atoms with Crippen LogP contribution in [0.1, 0.15) is 112 Å². The number of anilines is 1. The summed E-state index contributed by atoms with van der Waals surface area (Å²) in [5, 5.41) is 5.37. The minimum absolute atomic E-state index is 0.155. The van der Waals surface area contributed by atoms with E-state index in [9.17, 15) is 14.4 Å². The quantitative estimate of drug-likeness (QED) is 0.297. The van der Waals surface area contributed by atoms with Gasteiger partial charge in [-0.05, 0) is 90.6 Å². The van der Waals surface area contributed by atoms with Gasteiger partial charge in [-0.25, -0.2) is 4.79 Å². The summed E-state index contributed by atoms with van der Waals surface area (Å²) in [4.78, 5) is 44.1. The number of aromatic amines is 1. The highest BCUT2D eigenvalue weighted by atomic mass is 16.6. The Morgan fingerprint density at radius 1 is 1.06 bits per heavy atom. The highest BCUT2D eigenvalue weighted by Gasteiger charge is 2.24. The number of amides is 2. The standard InChI is InChI=1S/C31H42N4O3.C6H13NO2.C2H6/c1-5-35(26-11-7-6-8-12-26)29-20-25(10-9-13-34-14-16-38-17-15-34)19-27(24(29)4)30(36)32-21-28-22(2)18-23(3)33-31(28)37;1-6(2,3)9-5(8)7-4;1-2/h18-20,26H,5-8,11-17,21H2,1-4H3,(H,32,36)(H,33,37);1-4H3,(H,7,8);1-2H3. The Hall–Kier alpha value is -3.81. The summed E-state index contributed by atoms with van der Waals surface area (Å²) >= 11 is 0. The Kier molecular flexibility index (Phi) is 17.4. The second-order valence-corrected chi connectivity index (χ2v) is 13.3. The average Bonchev–Trinajstić information content (AvgIpc) is 3.07. The van der Waals surface area contributed by atoms with Gasteiger partial charge in [0.1, 0.15) is 5.60 Å². The predicted octanol–water partition coefficient (Wildman–Crippen LogP) is 6.24. The van der Waals surface area contributed by atoms with Gasteiger partial charge < -0.3 is 30.0 Å². The van der Waals surface area contributed by atoms with E-state index >= 15 is 0 Å². The molecule has 1 aromatic carbocycles. The molecule has 2 aromatic rings. The number of hydrogen-bond donors (Lipinski definition) is 3. The number of rotatable bonds is 7. The van der Waals surface area contributed by atoms with Crippen molar-refractivity contribution in [2.45, 2.75) is 113 Å². The summed E-state index contributed by atoms with van der Waals surface area (Å²) in [6.07, 6.45) is 5.76. The van der Waals surface area contributed by atoms with Gasteiger partial charge in [-0.3, -0.25) is 14.5 Å². The number of benzene rings is 1. The van der Waals surface area contributed by atoms with Gasteiger partial charge in [0, 0.05) is 67.3 Å². The third kappa shape index (κ3) is 13.6. The third-order valence-electron chi connectivity index (χ3n) is 8.45. The molecule has 2 amide bonds. The molecule has 0 spiro atoms. The number of nitrogens with zero attached hydrogens (tertiary/aromatic N) is 2. The first-order valence-corrected chi connectivity index (χ1v) is 17.9. The van der Waals surface area contributed by atoms with Crippen LogP contribution in [0.3, 0.4) is 0 Å². The molecule has 0 atom stereocenters. The van der Waals surface area contributed by atoms with Crippen molar-refractivity contribution in [2.24, 2.45) is 0 Å². The first kappa shape index (κ1) is 41.4. The number of alkyl carbamates (subject to hydrolysis) is 1. The summed E-state index contributed by atoms with van der Waals surface area (Å²) < 4.78 is 10.3. The second-order valence-electron chi connectivity index (χ2n) is 13.3. The van der Waals surface area contributed by atoms with Gasteiger partial charge in [0.2, 0.25) is 0 Å². The van der Waals surface area contributed by atoms with Crippen LogP contribution in [-0.4, -0.2) is 80.0 Å². The van der Waals surface area contributed by atoms with E-state index in [1.54, 1.807) is 0 Å². The molecule has 2 heterocycles. The Labute approximate surface area is 294 Å². The summed E-state index contributed by atoms with van der Waals surface area (Å²) in [7, 11) is 1.54. The molecule has 1 aliphatic heterocycles. The lowest BCUT2D eigenvalue weighted by atomic mass is 9.92. The molecule has 1 aliphatic carbocycles. The average molecular weight is 680 g/mol. The monoisotopic (exact) mass is 679 g/mol. The van der Waals surface area contributed by atoms with Gasteiger partial charge in [-0.2, -0.15) is 0 Å². The van der Waals surface area contributed by atoms with E-state index in [0.29, 0.717) is 23.7 Å². The van der Waals surface area contributed by atoms with Crippen molar-refractivity contribution in [3.05, 3.63) is 62.1 Å². The summed E-state index contributed by atoms with van der Waals surface area (Å²) in [6.45, 7) is 22.5. The number of nitrogens with one attached hydrogen (secondary N) is 3. The van der Waals surface area contributed by atoms with Crippen LogP contribution in [0.4, 0.5) is 10.5 Å². The first-order chi connectivity index (χ1) is 23.3. The molecule has 0 bridgehead atoms. The molecule has 49 heavy (non-hydrogen) atoms. The smallest absolute Gasteiger partial charge is 0.407 e. The number of carbonyl (C=O) groups is 2. The minimum atomic E-state index is -0.389. The van der Waals surface area contributed by atoms with E-state index in [1.807, 2.05) is 67.5 Å². The topological polar surface area (TPSA) is 116 Å². The van der Waals surface area contributed by atoms with Crippen molar-refractivity contribution in [2.75, 3.05) is 51.3 Å². The molecular formula is C39H61N5O5. The van der Waals surface area contributed by atoms with E-state index in [4.69, 9.17) is 9.47 Å². The number of carbonyl (C=O) groups excluding carboxylic acids is 2. The van der Waals surface area contributed by atoms with Gasteiger partial charge in [0.25, 0.3) is 11.5 Å². The maximum absolute atomic E-state index is 13.5. The lowest BCUT2D eigenvalue weighted by molar-refractivity contribution is 0.0443. The van der Waals surface area contributed by atoms with Gasteiger partial charge in [0.05, 0.1) is 19.8 Å². The van der Waals surface area contributed by atoms with Crippen molar-refractivity contribution in [1.29, 1.82) is 0 Å². The molecule has 2 aliphatic rings. The zero-order valence-corrected chi connectivity index (χ0v) is 31.7. The van der Waals surface area contributed by atoms with Crippen LogP contribution in [-0.2, 0) is 16.0 Å². The minimum Gasteiger partial charge on any atom is -0.444 e. The zero-order valence-electron chi connectivity index (χ0n) is 31.7. The van der Waals surface area contributed by atoms with E-state index in [0.717, 1.165) is 60.9 Å². The molecule has 1 saturated carbocycles. The van der Waals surface area contributed by atoms with Crippen LogP contribution in [0, 0.1) is 32.6 Å². The molecule has 272 valence electrons. The van der Waals surface area contributed by atoms with Crippen LogP contribution < -0.4 is 21.1 Å². The number of H-pyrrole nitrogens is 1. The molecule has 0 unspecified atom stereocenters. The fourth-order valence-corrected chi connectivity index (χ4v) is 6.03. The number of hydrogen-bond acceptors (Lipinski definition) is 7. The first-order valence-electron chi connectivity index (χ1n) is 17.9. The van der Waals surface area contributed by atoms with Crippen molar-refractivity contribution in [3.63, 3.8) is 0 Å². The lowest BCUT2D eigenvalue weighted by Gasteiger charge is -2.37. The van der Waals surface area contributed by atoms with Crippen LogP contribution in [0.5, 0.6) is 0 Å². The Bertz CT molecular complexity index is 1470. The fraction of sp³-hybridized carbons (Fsp3) is 0.615. The molecule has 10 heteroatoms. The number of aromatic nitrogens is 1. The third-order valence-corrected chi connectivity index (χ3v) is 8.45. The summed E-state index contributed by atoms with van der Waals surface area (Å²) in [6, 6.07) is 6.47. The van der Waals surface area contributed by atoms with Crippen molar-refractivity contribution >= 4 is 17.7 Å². The van der Waals surface area contributed by atoms with Crippen molar-refractivity contribution in [3.8, 4) is 11.8 Å². The Morgan fingerprint density at radius 3 is 2.27 bits per heavy atom. The fourth-order valence-electron chi connectivity index (χ4n) is 6.03. The predicted molar refractivity (Wildman–Crippen MR) is 200 cm³/mol. The van der Waals surface area contributed by atoms with E-state index in [-0.39, 0.29) is 29.7 Å². The van der Waals surface area contributed by atoms with Gasteiger partial charge >= 0.3 is 6.09 Å². The molecule has 3 N–H and O–H groups in total. The van der Waals surface area contributed by atoms with Crippen LogP contribution >= 0.6 is 0 Å². The Morgan fingerprint density at radius 2 is 1.71 bits per heavy atom. The maximum atomic E-state index is 13.5. The van der Waals surface area contributed by atoms with E-state index < -0.39 is 0 Å². The SMILES string of the molecule is CC.CCN(c1cc(C#CCN2CCOCC2)cc(C(=O)NCc2c(C)cc(C)[nH]c2=O)c1C)C1CCCCC1.CNC(=O)OC(C)(C)C. The number of morpholine rings is 1. The van der Waals surface area contributed by atoms with Crippen LogP contribution in [0.25, 0.3) is 0 Å². The van der Waals surface area contributed by atoms with Gasteiger partial charge in [0.15, 0.2) is 0 Å². The summed E-state index contributed by atoms with van der Waals surface area (Å²) in [5.41, 5.74) is 5.25. The number of aryl methyl sites for hydroxylation is 2. The normalized spacial score (nSPS) is 14.9. The van der Waals surface area contributed by atoms with E-state index in [2.05, 4.69) is 50.2 Å². The maximum Gasteiger partial charge on any atom is 0.407 e. The van der Waals surface area contributed by atoms with E-state index in [1.165, 1.54) is 39.2 Å².